The van der Waals surface area contributed by atoms with Crippen molar-refractivity contribution in [1.82, 2.24) is 4.31 Å². The fourth-order valence-corrected chi connectivity index (χ4v) is 4.60. The summed E-state index contributed by atoms with van der Waals surface area (Å²) in [7, 11) is -2.42. The molecule has 0 atom stereocenters. The highest BCUT2D eigenvalue weighted by atomic mass is 35.5. The number of anilines is 1. The Morgan fingerprint density at radius 3 is 2.59 bits per heavy atom. The minimum atomic E-state index is -3.87. The van der Waals surface area contributed by atoms with Crippen molar-refractivity contribution in [3.8, 4) is 5.75 Å². The predicted octanol–water partition coefficient (Wildman–Crippen LogP) is 3.72. The second kappa shape index (κ2) is 9.45. The molecule has 2 aromatic rings. The number of rotatable bonds is 8. The summed E-state index contributed by atoms with van der Waals surface area (Å²) in [5.74, 6) is -0.0385. The van der Waals surface area contributed by atoms with E-state index in [0.29, 0.717) is 11.4 Å². The molecule has 2 rings (SSSR count). The van der Waals surface area contributed by atoms with Gasteiger partial charge in [-0.15, -0.1) is 11.8 Å². The molecule has 0 aliphatic heterocycles. The molecular weight excluding hydrogens is 408 g/mol. The molecule has 0 fully saturated rings. The number of hydrogen-bond donors (Lipinski definition) is 1. The van der Waals surface area contributed by atoms with Crippen molar-refractivity contribution in [2.75, 3.05) is 31.8 Å². The number of methoxy groups -OCH3 is 1. The molecule has 0 saturated carbocycles. The quantitative estimate of drug-likeness (QED) is 0.648. The lowest BCUT2D eigenvalue weighted by Crippen LogP contribution is -2.37. The van der Waals surface area contributed by atoms with Gasteiger partial charge >= 0.3 is 0 Å². The first-order valence-electron chi connectivity index (χ1n) is 8.09. The van der Waals surface area contributed by atoms with Crippen LogP contribution in [-0.4, -0.2) is 45.1 Å². The van der Waals surface area contributed by atoms with E-state index in [4.69, 9.17) is 16.3 Å². The van der Waals surface area contributed by atoms with Crippen LogP contribution in [0, 0.1) is 0 Å². The predicted molar refractivity (Wildman–Crippen MR) is 109 cm³/mol. The fourth-order valence-electron chi connectivity index (χ4n) is 2.38. The molecule has 27 heavy (non-hydrogen) atoms. The Morgan fingerprint density at radius 2 is 2.00 bits per heavy atom. The molecule has 1 N–H and O–H groups in total. The minimum absolute atomic E-state index is 0.00679. The smallest absolute Gasteiger partial charge is 0.243 e. The van der Waals surface area contributed by atoms with Gasteiger partial charge in [0.05, 0.1) is 23.6 Å². The van der Waals surface area contributed by atoms with E-state index in [9.17, 15) is 13.2 Å². The molecule has 0 aromatic heterocycles. The van der Waals surface area contributed by atoms with Crippen molar-refractivity contribution in [3.63, 3.8) is 0 Å². The summed E-state index contributed by atoms with van der Waals surface area (Å²) in [6, 6.07) is 11.5. The summed E-state index contributed by atoms with van der Waals surface area (Å²) in [5, 5.41) is 2.92. The van der Waals surface area contributed by atoms with Crippen LogP contribution in [0.2, 0.25) is 5.02 Å². The molecule has 0 aliphatic carbocycles. The van der Waals surface area contributed by atoms with E-state index < -0.39 is 15.9 Å². The molecule has 0 unspecified atom stereocenters. The maximum absolute atomic E-state index is 12.8. The Balaban J connectivity index is 2.17. The molecule has 1 amide bonds. The van der Waals surface area contributed by atoms with Gasteiger partial charge in [-0.25, -0.2) is 8.42 Å². The molecule has 146 valence electrons. The highest BCUT2D eigenvalue weighted by Gasteiger charge is 2.26. The van der Waals surface area contributed by atoms with Crippen molar-refractivity contribution in [2.45, 2.75) is 16.7 Å². The van der Waals surface area contributed by atoms with Crippen molar-refractivity contribution < 1.29 is 17.9 Å². The van der Waals surface area contributed by atoms with Crippen LogP contribution in [0.4, 0.5) is 5.69 Å². The zero-order valence-corrected chi connectivity index (χ0v) is 17.6. The first kappa shape index (κ1) is 21.6. The number of sulfonamides is 1. The van der Waals surface area contributed by atoms with Crippen LogP contribution in [0.1, 0.15) is 6.92 Å². The number of amides is 1. The normalized spacial score (nSPS) is 11.4. The Kier molecular flexibility index (Phi) is 7.55. The van der Waals surface area contributed by atoms with E-state index in [0.717, 1.165) is 9.20 Å². The molecule has 0 bridgehead atoms. The summed E-state index contributed by atoms with van der Waals surface area (Å²) >= 11 is 7.59. The van der Waals surface area contributed by atoms with Crippen molar-refractivity contribution >= 4 is 45.0 Å². The first-order chi connectivity index (χ1) is 12.8. The molecule has 0 saturated heterocycles. The van der Waals surface area contributed by atoms with Gasteiger partial charge in [0.2, 0.25) is 15.9 Å². The van der Waals surface area contributed by atoms with E-state index >= 15 is 0 Å². The zero-order chi connectivity index (χ0) is 20.0. The number of likely N-dealkylation sites (N-methyl/N-ethyl adjacent to an activating group) is 1. The van der Waals surface area contributed by atoms with E-state index in [1.807, 2.05) is 24.5 Å². The highest BCUT2D eigenvalue weighted by Crippen LogP contribution is 2.28. The molecule has 6 nitrogen and oxygen atoms in total. The lowest BCUT2D eigenvalue weighted by Gasteiger charge is -2.20. The summed E-state index contributed by atoms with van der Waals surface area (Å²) in [5.41, 5.74) is 0.618. The standard InChI is InChI=1S/C18H21ClN2O4S2/c1-4-21(12-18(22)20-13-6-5-7-14(10-13)26-3)27(23,24)15-8-9-17(25-2)16(19)11-15/h5-11H,4,12H2,1-3H3,(H,20,22). The Bertz CT molecular complexity index is 919. The second-order valence-electron chi connectivity index (χ2n) is 5.51. The van der Waals surface area contributed by atoms with Crippen LogP contribution < -0.4 is 10.1 Å². The van der Waals surface area contributed by atoms with Crippen molar-refractivity contribution in [2.24, 2.45) is 0 Å². The number of hydrogen-bond acceptors (Lipinski definition) is 5. The van der Waals surface area contributed by atoms with Gasteiger partial charge in [0.25, 0.3) is 0 Å². The lowest BCUT2D eigenvalue weighted by molar-refractivity contribution is -0.116. The summed E-state index contributed by atoms with van der Waals surface area (Å²) in [6.07, 6.45) is 1.94. The molecule has 9 heteroatoms. The summed E-state index contributed by atoms with van der Waals surface area (Å²) in [6.45, 7) is 1.51. The number of thioether (sulfide) groups is 1. The van der Waals surface area contributed by atoms with E-state index in [1.165, 1.54) is 25.3 Å². The fraction of sp³-hybridized carbons (Fsp3) is 0.278. The molecule has 2 aromatic carbocycles. The third-order valence-corrected chi connectivity index (χ3v) is 6.72. The maximum atomic E-state index is 12.8. The largest absolute Gasteiger partial charge is 0.495 e. The molecular formula is C18H21ClN2O4S2. The van der Waals surface area contributed by atoms with E-state index in [2.05, 4.69) is 5.32 Å². The van der Waals surface area contributed by atoms with Crippen LogP contribution in [0.15, 0.2) is 52.3 Å². The number of halogens is 1. The number of benzene rings is 2. The number of nitrogens with zero attached hydrogens (tertiary/aromatic N) is 1. The Hall–Kier alpha value is -1.74. The monoisotopic (exact) mass is 428 g/mol. The third-order valence-electron chi connectivity index (χ3n) is 3.79. The van der Waals surface area contributed by atoms with Crippen LogP contribution >= 0.6 is 23.4 Å². The average Bonchev–Trinajstić information content (AvgIpc) is 2.65. The van der Waals surface area contributed by atoms with Crippen molar-refractivity contribution in [1.29, 1.82) is 0 Å². The van der Waals surface area contributed by atoms with Gasteiger partial charge in [-0.1, -0.05) is 24.6 Å². The van der Waals surface area contributed by atoms with Crippen LogP contribution in [0.3, 0.4) is 0 Å². The maximum Gasteiger partial charge on any atom is 0.243 e. The molecule has 0 aliphatic rings. The van der Waals surface area contributed by atoms with Crippen molar-refractivity contribution in [3.05, 3.63) is 47.5 Å². The van der Waals surface area contributed by atoms with Gasteiger partial charge in [-0.3, -0.25) is 4.79 Å². The first-order valence-corrected chi connectivity index (χ1v) is 11.1. The number of ether oxygens (including phenoxy) is 1. The van der Waals surface area contributed by atoms with Gasteiger partial charge in [0.1, 0.15) is 5.75 Å². The Morgan fingerprint density at radius 1 is 1.26 bits per heavy atom. The van der Waals surface area contributed by atoms with Gasteiger partial charge in [-0.05, 0) is 42.7 Å². The van der Waals surface area contributed by atoms with Crippen LogP contribution in [-0.2, 0) is 14.8 Å². The third kappa shape index (κ3) is 5.38. The number of carbonyl (C=O) groups is 1. The molecule has 0 spiro atoms. The van der Waals surface area contributed by atoms with Crippen LogP contribution in [0.5, 0.6) is 5.75 Å². The number of nitrogens with one attached hydrogen (secondary N) is 1. The van der Waals surface area contributed by atoms with Gasteiger partial charge in [0.15, 0.2) is 0 Å². The minimum Gasteiger partial charge on any atom is -0.495 e. The van der Waals surface area contributed by atoms with Gasteiger partial charge in [0, 0.05) is 17.1 Å². The zero-order valence-electron chi connectivity index (χ0n) is 15.2. The summed E-state index contributed by atoms with van der Waals surface area (Å²) in [4.78, 5) is 13.4. The van der Waals surface area contributed by atoms with Gasteiger partial charge < -0.3 is 10.1 Å². The van der Waals surface area contributed by atoms with Gasteiger partial charge in [-0.2, -0.15) is 4.31 Å². The number of carbonyl (C=O) groups excluding carboxylic acids is 1. The topological polar surface area (TPSA) is 75.7 Å². The SMILES string of the molecule is CCN(CC(=O)Nc1cccc(SC)c1)S(=O)(=O)c1ccc(OC)c(Cl)c1. The summed E-state index contributed by atoms with van der Waals surface area (Å²) < 4.78 is 31.8. The lowest BCUT2D eigenvalue weighted by atomic mass is 10.3. The molecule has 0 radical (unpaired) electrons. The Labute approximate surface area is 168 Å². The van der Waals surface area contributed by atoms with Crippen LogP contribution in [0.25, 0.3) is 0 Å². The molecule has 0 heterocycles. The van der Waals surface area contributed by atoms with E-state index in [1.54, 1.807) is 24.8 Å². The average molecular weight is 429 g/mol. The van der Waals surface area contributed by atoms with E-state index in [-0.39, 0.29) is 23.0 Å². The second-order valence-corrected chi connectivity index (χ2v) is 8.73. The highest BCUT2D eigenvalue weighted by molar-refractivity contribution is 7.98.